The molecule has 0 bridgehead atoms. The van der Waals surface area contributed by atoms with E-state index in [1.54, 1.807) is 11.3 Å². The van der Waals surface area contributed by atoms with Crippen molar-refractivity contribution in [1.29, 1.82) is 0 Å². The second-order valence-corrected chi connectivity index (χ2v) is 6.61. The van der Waals surface area contributed by atoms with Gasteiger partial charge < -0.3 is 10.6 Å². The summed E-state index contributed by atoms with van der Waals surface area (Å²) >= 11 is 5.28. The second kappa shape index (κ2) is 6.63. The van der Waals surface area contributed by atoms with E-state index in [-0.39, 0.29) is 0 Å². The molecule has 1 rings (SSSR count). The van der Waals surface area contributed by atoms with Gasteiger partial charge in [0.1, 0.15) is 0 Å². The predicted molar refractivity (Wildman–Crippen MR) is 71.2 cm³/mol. The molecule has 2 N–H and O–H groups in total. The SMILES string of the molecule is CC(N)CCCN(C)Cc1ccc(Br)s1. The Hall–Kier alpha value is 0.1000. The molecule has 1 atom stereocenters. The van der Waals surface area contributed by atoms with E-state index in [9.17, 15) is 0 Å². The van der Waals surface area contributed by atoms with Crippen molar-refractivity contribution in [2.75, 3.05) is 13.6 Å². The third kappa shape index (κ3) is 5.66. The van der Waals surface area contributed by atoms with E-state index in [1.165, 1.54) is 15.1 Å². The first-order valence-electron chi connectivity index (χ1n) is 5.26. The Labute approximate surface area is 105 Å². The highest BCUT2D eigenvalue weighted by atomic mass is 79.9. The van der Waals surface area contributed by atoms with Crippen molar-refractivity contribution in [2.45, 2.75) is 32.4 Å². The minimum absolute atomic E-state index is 0.328. The summed E-state index contributed by atoms with van der Waals surface area (Å²) in [5.74, 6) is 0. The molecule has 1 unspecified atom stereocenters. The van der Waals surface area contributed by atoms with Crippen LogP contribution in [0.4, 0.5) is 0 Å². The zero-order chi connectivity index (χ0) is 11.3. The van der Waals surface area contributed by atoms with E-state index in [1.807, 2.05) is 0 Å². The predicted octanol–water partition coefficient (Wildman–Crippen LogP) is 3.07. The lowest BCUT2D eigenvalue weighted by molar-refractivity contribution is 0.318. The quantitative estimate of drug-likeness (QED) is 0.872. The van der Waals surface area contributed by atoms with Crippen LogP contribution in [0.15, 0.2) is 15.9 Å². The Bertz CT molecular complexity index is 286. The molecule has 0 fully saturated rings. The number of halogens is 1. The molecule has 86 valence electrons. The third-order valence-corrected chi connectivity index (χ3v) is 3.86. The molecule has 2 nitrogen and oxygen atoms in total. The van der Waals surface area contributed by atoms with Gasteiger partial charge in [0.05, 0.1) is 3.79 Å². The summed E-state index contributed by atoms with van der Waals surface area (Å²) in [6.45, 7) is 4.22. The molecule has 0 radical (unpaired) electrons. The zero-order valence-corrected chi connectivity index (χ0v) is 11.8. The Morgan fingerprint density at radius 1 is 1.53 bits per heavy atom. The van der Waals surface area contributed by atoms with Gasteiger partial charge in [0, 0.05) is 17.5 Å². The van der Waals surface area contributed by atoms with Gasteiger partial charge in [0.25, 0.3) is 0 Å². The molecular formula is C11H19BrN2S. The lowest BCUT2D eigenvalue weighted by Crippen LogP contribution is -2.21. The Morgan fingerprint density at radius 3 is 2.80 bits per heavy atom. The van der Waals surface area contributed by atoms with Crippen LogP contribution < -0.4 is 5.73 Å². The highest BCUT2D eigenvalue weighted by molar-refractivity contribution is 9.11. The molecule has 0 aromatic carbocycles. The van der Waals surface area contributed by atoms with Crippen LogP contribution in [-0.4, -0.2) is 24.5 Å². The average molecular weight is 291 g/mol. The van der Waals surface area contributed by atoms with Crippen LogP contribution in [0.5, 0.6) is 0 Å². The third-order valence-electron chi connectivity index (χ3n) is 2.25. The molecular weight excluding hydrogens is 272 g/mol. The largest absolute Gasteiger partial charge is 0.328 e. The summed E-state index contributed by atoms with van der Waals surface area (Å²) in [5.41, 5.74) is 5.71. The van der Waals surface area contributed by atoms with Gasteiger partial charge in [-0.15, -0.1) is 11.3 Å². The molecule has 1 aromatic heterocycles. The van der Waals surface area contributed by atoms with Gasteiger partial charge in [-0.1, -0.05) is 0 Å². The molecule has 0 amide bonds. The van der Waals surface area contributed by atoms with Gasteiger partial charge in [0.15, 0.2) is 0 Å². The first kappa shape index (κ1) is 13.2. The number of hydrogen-bond donors (Lipinski definition) is 1. The van der Waals surface area contributed by atoms with Crippen molar-refractivity contribution in [3.05, 3.63) is 20.8 Å². The average Bonchev–Trinajstić information content (AvgIpc) is 2.50. The maximum absolute atomic E-state index is 5.71. The maximum atomic E-state index is 5.71. The summed E-state index contributed by atoms with van der Waals surface area (Å²) in [7, 11) is 2.16. The number of nitrogens with two attached hydrogens (primary N) is 1. The van der Waals surface area contributed by atoms with Crippen molar-refractivity contribution in [3.8, 4) is 0 Å². The molecule has 0 aliphatic rings. The van der Waals surface area contributed by atoms with Gasteiger partial charge in [-0.25, -0.2) is 0 Å². The van der Waals surface area contributed by atoms with E-state index >= 15 is 0 Å². The van der Waals surface area contributed by atoms with Gasteiger partial charge in [-0.2, -0.15) is 0 Å². The fourth-order valence-corrected chi connectivity index (χ4v) is 3.03. The first-order valence-corrected chi connectivity index (χ1v) is 6.87. The van der Waals surface area contributed by atoms with Crippen molar-refractivity contribution in [2.24, 2.45) is 5.73 Å². The van der Waals surface area contributed by atoms with Gasteiger partial charge in [0.2, 0.25) is 0 Å². The molecule has 0 saturated carbocycles. The van der Waals surface area contributed by atoms with E-state index in [2.05, 4.69) is 46.9 Å². The monoisotopic (exact) mass is 290 g/mol. The van der Waals surface area contributed by atoms with E-state index < -0.39 is 0 Å². The second-order valence-electron chi connectivity index (χ2n) is 4.06. The Morgan fingerprint density at radius 2 is 2.27 bits per heavy atom. The minimum Gasteiger partial charge on any atom is -0.328 e. The lowest BCUT2D eigenvalue weighted by atomic mass is 10.2. The fourth-order valence-electron chi connectivity index (χ4n) is 1.46. The molecule has 0 aliphatic heterocycles. The summed E-state index contributed by atoms with van der Waals surface area (Å²) < 4.78 is 1.21. The smallest absolute Gasteiger partial charge is 0.0701 e. The number of hydrogen-bond acceptors (Lipinski definition) is 3. The van der Waals surface area contributed by atoms with Crippen molar-refractivity contribution in [1.82, 2.24) is 4.90 Å². The van der Waals surface area contributed by atoms with Crippen LogP contribution in [0.25, 0.3) is 0 Å². The highest BCUT2D eigenvalue weighted by Gasteiger charge is 2.03. The highest BCUT2D eigenvalue weighted by Crippen LogP contribution is 2.22. The number of thiophene rings is 1. The van der Waals surface area contributed by atoms with Gasteiger partial charge in [-0.05, 0) is 61.4 Å². The maximum Gasteiger partial charge on any atom is 0.0701 e. The number of rotatable bonds is 6. The summed E-state index contributed by atoms with van der Waals surface area (Å²) in [4.78, 5) is 3.76. The summed E-state index contributed by atoms with van der Waals surface area (Å²) in [5, 5.41) is 0. The summed E-state index contributed by atoms with van der Waals surface area (Å²) in [6.07, 6.45) is 2.29. The van der Waals surface area contributed by atoms with Crippen LogP contribution in [0.1, 0.15) is 24.6 Å². The van der Waals surface area contributed by atoms with Gasteiger partial charge in [-0.3, -0.25) is 0 Å². The van der Waals surface area contributed by atoms with Crippen LogP contribution in [0.2, 0.25) is 0 Å². The number of nitrogens with zero attached hydrogens (tertiary/aromatic N) is 1. The molecule has 15 heavy (non-hydrogen) atoms. The first-order chi connectivity index (χ1) is 7.08. The molecule has 0 saturated heterocycles. The van der Waals surface area contributed by atoms with E-state index in [0.717, 1.165) is 19.5 Å². The van der Waals surface area contributed by atoms with Crippen molar-refractivity contribution < 1.29 is 0 Å². The van der Waals surface area contributed by atoms with Crippen molar-refractivity contribution in [3.63, 3.8) is 0 Å². The normalized spacial score (nSPS) is 13.4. The summed E-state index contributed by atoms with van der Waals surface area (Å²) in [6, 6.07) is 4.61. The lowest BCUT2D eigenvalue weighted by Gasteiger charge is -2.15. The van der Waals surface area contributed by atoms with E-state index in [0.29, 0.717) is 6.04 Å². The standard InChI is InChI=1S/C11H19BrN2S/c1-9(13)4-3-7-14(2)8-10-5-6-11(12)15-10/h5-6,9H,3-4,7-8,13H2,1-2H3. The van der Waals surface area contributed by atoms with Crippen LogP contribution in [-0.2, 0) is 6.54 Å². The molecule has 0 spiro atoms. The fraction of sp³-hybridized carbons (Fsp3) is 0.636. The van der Waals surface area contributed by atoms with E-state index in [4.69, 9.17) is 5.73 Å². The minimum atomic E-state index is 0.328. The molecule has 1 aromatic rings. The van der Waals surface area contributed by atoms with Crippen LogP contribution >= 0.6 is 27.3 Å². The van der Waals surface area contributed by atoms with Gasteiger partial charge >= 0.3 is 0 Å². The topological polar surface area (TPSA) is 29.3 Å². The van der Waals surface area contributed by atoms with Crippen LogP contribution in [0, 0.1) is 0 Å². The Balaban J connectivity index is 2.21. The molecule has 0 aliphatic carbocycles. The molecule has 1 heterocycles. The van der Waals surface area contributed by atoms with Crippen LogP contribution in [0.3, 0.4) is 0 Å². The Kier molecular flexibility index (Phi) is 5.82. The zero-order valence-electron chi connectivity index (χ0n) is 9.37. The molecule has 4 heteroatoms. The van der Waals surface area contributed by atoms with Crippen molar-refractivity contribution >= 4 is 27.3 Å².